The van der Waals surface area contributed by atoms with Gasteiger partial charge in [-0.1, -0.05) is 18.2 Å². The molecule has 0 unspecified atom stereocenters. The van der Waals surface area contributed by atoms with Gasteiger partial charge in [0.05, 0.1) is 18.6 Å². The Kier molecular flexibility index (Phi) is 3.45. The largest absolute Gasteiger partial charge is 0.335 e. The topological polar surface area (TPSA) is 71.0 Å². The third-order valence-corrected chi connectivity index (χ3v) is 4.67. The standard InChI is InChI=1S/C18H18N4O2/c1-12-8-13-4-2-3-5-16(13)22(12)10-17(23)21-7-6-14-15(9-21)19-11-20-18(14)24/h2-5,8,11H,6-7,9-10H2,1H3,(H,19,20,24). The highest BCUT2D eigenvalue weighted by Crippen LogP contribution is 2.20. The van der Waals surface area contributed by atoms with E-state index >= 15 is 0 Å². The summed E-state index contributed by atoms with van der Waals surface area (Å²) >= 11 is 0. The van der Waals surface area contributed by atoms with Crippen LogP contribution >= 0.6 is 0 Å². The van der Waals surface area contributed by atoms with Crippen LogP contribution in [0.1, 0.15) is 17.0 Å². The monoisotopic (exact) mass is 322 g/mol. The van der Waals surface area contributed by atoms with Gasteiger partial charge in [-0.05, 0) is 30.9 Å². The summed E-state index contributed by atoms with van der Waals surface area (Å²) in [5, 5.41) is 1.14. The van der Waals surface area contributed by atoms with Crippen LogP contribution in [0.25, 0.3) is 10.9 Å². The fourth-order valence-electron chi connectivity index (χ4n) is 3.37. The van der Waals surface area contributed by atoms with Crippen molar-refractivity contribution in [3.05, 3.63) is 64.0 Å². The molecule has 2 aromatic heterocycles. The minimum absolute atomic E-state index is 0.0483. The molecule has 1 aromatic carbocycles. The molecule has 3 aromatic rings. The van der Waals surface area contributed by atoms with E-state index in [9.17, 15) is 9.59 Å². The number of H-pyrrole nitrogens is 1. The lowest BCUT2D eigenvalue weighted by Crippen LogP contribution is -2.40. The number of aromatic nitrogens is 3. The summed E-state index contributed by atoms with van der Waals surface area (Å²) in [6, 6.07) is 10.2. The van der Waals surface area contributed by atoms with Crippen molar-refractivity contribution >= 4 is 16.8 Å². The quantitative estimate of drug-likeness (QED) is 0.779. The zero-order valence-electron chi connectivity index (χ0n) is 13.5. The van der Waals surface area contributed by atoms with Crippen LogP contribution < -0.4 is 5.56 Å². The van der Waals surface area contributed by atoms with Crippen LogP contribution in [-0.2, 0) is 24.3 Å². The zero-order chi connectivity index (χ0) is 16.7. The van der Waals surface area contributed by atoms with Gasteiger partial charge in [0, 0.05) is 23.3 Å². The molecule has 3 heterocycles. The first kappa shape index (κ1) is 14.7. The molecule has 122 valence electrons. The maximum atomic E-state index is 12.7. The summed E-state index contributed by atoms with van der Waals surface area (Å²) in [5.74, 6) is 0.0483. The van der Waals surface area contributed by atoms with E-state index < -0.39 is 0 Å². The van der Waals surface area contributed by atoms with Gasteiger partial charge in [0.25, 0.3) is 5.56 Å². The Bertz CT molecular complexity index is 986. The van der Waals surface area contributed by atoms with Gasteiger partial charge in [0.15, 0.2) is 0 Å². The van der Waals surface area contributed by atoms with Gasteiger partial charge >= 0.3 is 0 Å². The van der Waals surface area contributed by atoms with Crippen LogP contribution in [0.2, 0.25) is 0 Å². The number of aryl methyl sites for hydroxylation is 1. The van der Waals surface area contributed by atoms with E-state index in [4.69, 9.17) is 0 Å². The van der Waals surface area contributed by atoms with E-state index in [1.54, 1.807) is 4.90 Å². The van der Waals surface area contributed by atoms with Crippen LogP contribution in [0.15, 0.2) is 41.5 Å². The number of hydrogen-bond donors (Lipinski definition) is 1. The summed E-state index contributed by atoms with van der Waals surface area (Å²) < 4.78 is 2.04. The van der Waals surface area contributed by atoms with Crippen LogP contribution in [0, 0.1) is 6.92 Å². The summed E-state index contributed by atoms with van der Waals surface area (Å²) in [7, 11) is 0. The molecule has 0 spiro atoms. The molecule has 6 nitrogen and oxygen atoms in total. The van der Waals surface area contributed by atoms with Crippen molar-refractivity contribution in [3.8, 4) is 0 Å². The molecule has 1 aliphatic heterocycles. The molecule has 0 fully saturated rings. The predicted octanol–water partition coefficient (Wildman–Crippen LogP) is 1.62. The van der Waals surface area contributed by atoms with Crippen molar-refractivity contribution in [1.29, 1.82) is 0 Å². The first-order chi connectivity index (χ1) is 11.6. The molecule has 0 saturated carbocycles. The van der Waals surface area contributed by atoms with E-state index in [2.05, 4.69) is 22.1 Å². The minimum Gasteiger partial charge on any atom is -0.335 e. The number of aromatic amines is 1. The van der Waals surface area contributed by atoms with Crippen LogP contribution in [0.3, 0.4) is 0 Å². The molecule has 6 heteroatoms. The van der Waals surface area contributed by atoms with Gasteiger partial charge in [-0.15, -0.1) is 0 Å². The number of amides is 1. The number of rotatable bonds is 2. The van der Waals surface area contributed by atoms with Crippen molar-refractivity contribution < 1.29 is 4.79 Å². The Hall–Kier alpha value is -2.89. The highest BCUT2D eigenvalue weighted by atomic mass is 16.2. The van der Waals surface area contributed by atoms with Crippen LogP contribution in [0.5, 0.6) is 0 Å². The molecule has 0 atom stereocenters. The maximum absolute atomic E-state index is 12.7. The first-order valence-electron chi connectivity index (χ1n) is 8.01. The second kappa shape index (κ2) is 5.63. The third-order valence-electron chi connectivity index (χ3n) is 4.67. The number of nitrogens with zero attached hydrogens (tertiary/aromatic N) is 3. The predicted molar refractivity (Wildman–Crippen MR) is 90.7 cm³/mol. The second-order valence-electron chi connectivity index (χ2n) is 6.15. The Balaban J connectivity index is 1.59. The number of fused-ring (bicyclic) bond motifs is 2. The molecule has 1 aliphatic rings. The summed E-state index contributed by atoms with van der Waals surface area (Å²) in [5.41, 5.74) is 3.43. The lowest BCUT2D eigenvalue weighted by Gasteiger charge is -2.28. The van der Waals surface area contributed by atoms with Crippen LogP contribution in [-0.4, -0.2) is 31.9 Å². The van der Waals surface area contributed by atoms with Crippen molar-refractivity contribution in [3.63, 3.8) is 0 Å². The fraction of sp³-hybridized carbons (Fsp3) is 0.278. The van der Waals surface area contributed by atoms with Crippen molar-refractivity contribution in [1.82, 2.24) is 19.4 Å². The van der Waals surface area contributed by atoms with E-state index in [0.29, 0.717) is 37.3 Å². The van der Waals surface area contributed by atoms with E-state index in [1.807, 2.05) is 29.7 Å². The molecule has 1 N–H and O–H groups in total. The first-order valence-corrected chi connectivity index (χ1v) is 8.01. The molecule has 0 saturated heterocycles. The molecule has 0 aliphatic carbocycles. The second-order valence-corrected chi connectivity index (χ2v) is 6.15. The molecular weight excluding hydrogens is 304 g/mol. The van der Waals surface area contributed by atoms with Gasteiger partial charge < -0.3 is 14.5 Å². The van der Waals surface area contributed by atoms with Crippen LogP contribution in [0.4, 0.5) is 0 Å². The van der Waals surface area contributed by atoms with Gasteiger partial charge in [-0.25, -0.2) is 4.98 Å². The fourth-order valence-corrected chi connectivity index (χ4v) is 3.37. The summed E-state index contributed by atoms with van der Waals surface area (Å²) in [6.45, 7) is 3.27. The SMILES string of the molecule is Cc1cc2ccccc2n1CC(=O)N1CCc2c(nc[nH]c2=O)C1. The van der Waals surface area contributed by atoms with E-state index in [-0.39, 0.29) is 11.5 Å². The number of hydrogen-bond acceptors (Lipinski definition) is 3. The Labute approximate surface area is 138 Å². The Morgan fingerprint density at radius 1 is 1.33 bits per heavy atom. The maximum Gasteiger partial charge on any atom is 0.254 e. The average Bonchev–Trinajstić information content (AvgIpc) is 2.90. The van der Waals surface area contributed by atoms with E-state index in [1.165, 1.54) is 6.33 Å². The average molecular weight is 322 g/mol. The Morgan fingerprint density at radius 2 is 2.17 bits per heavy atom. The van der Waals surface area contributed by atoms with Gasteiger partial charge in [0.1, 0.15) is 6.54 Å². The zero-order valence-corrected chi connectivity index (χ0v) is 13.5. The number of nitrogens with one attached hydrogen (secondary N) is 1. The van der Waals surface area contributed by atoms with Gasteiger partial charge in [0.2, 0.25) is 5.91 Å². The highest BCUT2D eigenvalue weighted by molar-refractivity contribution is 5.84. The smallest absolute Gasteiger partial charge is 0.254 e. The summed E-state index contributed by atoms with van der Waals surface area (Å²) in [6.07, 6.45) is 1.95. The molecular formula is C18H18N4O2. The van der Waals surface area contributed by atoms with E-state index in [0.717, 1.165) is 16.6 Å². The number of carbonyl (C=O) groups excluding carboxylic acids is 1. The van der Waals surface area contributed by atoms with Crippen molar-refractivity contribution in [2.24, 2.45) is 0 Å². The van der Waals surface area contributed by atoms with Crippen molar-refractivity contribution in [2.45, 2.75) is 26.4 Å². The van der Waals surface area contributed by atoms with Gasteiger partial charge in [-0.3, -0.25) is 9.59 Å². The number of benzene rings is 1. The van der Waals surface area contributed by atoms with Crippen molar-refractivity contribution in [2.75, 3.05) is 6.54 Å². The van der Waals surface area contributed by atoms with Gasteiger partial charge in [-0.2, -0.15) is 0 Å². The third kappa shape index (κ3) is 2.40. The highest BCUT2D eigenvalue weighted by Gasteiger charge is 2.24. The molecule has 24 heavy (non-hydrogen) atoms. The molecule has 1 amide bonds. The molecule has 4 rings (SSSR count). The molecule has 0 radical (unpaired) electrons. The lowest BCUT2D eigenvalue weighted by molar-refractivity contribution is -0.132. The summed E-state index contributed by atoms with van der Waals surface area (Å²) in [4.78, 5) is 33.1. The normalized spacial score (nSPS) is 14.0. The number of carbonyl (C=O) groups is 1. The lowest BCUT2D eigenvalue weighted by atomic mass is 10.1. The number of para-hydroxylation sites is 1. The Morgan fingerprint density at radius 3 is 3.04 bits per heavy atom. The minimum atomic E-state index is -0.0978. The molecule has 0 bridgehead atoms.